The third-order valence-electron chi connectivity index (χ3n) is 17.8. The van der Waals surface area contributed by atoms with Crippen molar-refractivity contribution in [3.8, 4) is 17.6 Å². The number of allylic oxidation sites excluding steroid dienone is 1. The van der Waals surface area contributed by atoms with Gasteiger partial charge in [0, 0.05) is 136 Å². The number of hydrogen-bond acceptors (Lipinski definition) is 11. The number of nitrogens with two attached hydrogens (primary N) is 1. The van der Waals surface area contributed by atoms with Crippen molar-refractivity contribution in [1.29, 1.82) is 10.7 Å². The van der Waals surface area contributed by atoms with E-state index in [0.717, 1.165) is 63.2 Å². The van der Waals surface area contributed by atoms with Crippen molar-refractivity contribution in [2.45, 2.75) is 125 Å². The fourth-order valence-electron chi connectivity index (χ4n) is 14.2. The highest BCUT2D eigenvalue weighted by Gasteiger charge is 2.64. The Bertz CT molecular complexity index is 2710. The second-order valence-corrected chi connectivity index (χ2v) is 24.7. The first-order valence-electron chi connectivity index (χ1n) is 27.2. The van der Waals surface area contributed by atoms with Crippen LogP contribution in [-0.4, -0.2) is 124 Å². The minimum Gasteiger partial charge on any atom is -0.495 e. The number of rotatable bonds is 14. The minimum atomic E-state index is -2.75. The van der Waals surface area contributed by atoms with Crippen LogP contribution in [0.1, 0.15) is 128 Å². The van der Waals surface area contributed by atoms with E-state index in [4.69, 9.17) is 15.2 Å². The van der Waals surface area contributed by atoms with Crippen LogP contribution in [-0.2, 0) is 11.2 Å². The molecule has 0 radical (unpaired) electrons. The zero-order valence-electron chi connectivity index (χ0n) is 46.7. The molecule has 76 heavy (non-hydrogen) atoms. The van der Waals surface area contributed by atoms with Gasteiger partial charge in [0.05, 0.1) is 12.7 Å². The molecule has 0 spiro atoms. The molecular formula is C60H84F2N10O4. The molecule has 3 saturated heterocycles. The zero-order chi connectivity index (χ0) is 55.1. The average molecular weight is 1050 g/mol. The van der Waals surface area contributed by atoms with Gasteiger partial charge in [-0.2, -0.15) is 5.26 Å². The van der Waals surface area contributed by atoms with Crippen molar-refractivity contribution in [1.82, 2.24) is 20.4 Å². The molecule has 2 atom stereocenters. The summed E-state index contributed by atoms with van der Waals surface area (Å²) in [5.41, 5.74) is 9.46. The number of aryl methyl sites for hydroxylation is 1. The summed E-state index contributed by atoms with van der Waals surface area (Å²) < 4.78 is 41.3. The van der Waals surface area contributed by atoms with Crippen molar-refractivity contribution >= 4 is 40.8 Å². The van der Waals surface area contributed by atoms with Gasteiger partial charge >= 0.3 is 0 Å². The molecule has 4 fully saturated rings. The van der Waals surface area contributed by atoms with E-state index in [1.807, 2.05) is 21.9 Å². The van der Waals surface area contributed by atoms with Crippen LogP contribution in [0.5, 0.6) is 11.5 Å². The number of alkyl halides is 2. The van der Waals surface area contributed by atoms with Crippen LogP contribution in [0, 0.1) is 50.2 Å². The van der Waals surface area contributed by atoms with Crippen molar-refractivity contribution in [2.75, 3.05) is 76.3 Å². The summed E-state index contributed by atoms with van der Waals surface area (Å²) >= 11 is 0. The summed E-state index contributed by atoms with van der Waals surface area (Å²) in [7, 11) is 3.12. The van der Waals surface area contributed by atoms with Crippen LogP contribution < -0.4 is 35.6 Å². The minimum absolute atomic E-state index is 0. The number of piperidine rings is 3. The number of amidine groups is 1. The number of ether oxygens (including phenoxy) is 2. The summed E-state index contributed by atoms with van der Waals surface area (Å²) in [6.07, 6.45) is 3.98. The first-order valence-corrected chi connectivity index (χ1v) is 27.2. The maximum Gasteiger partial charge on any atom is 0.264 e. The molecule has 0 bridgehead atoms. The molecule has 4 heterocycles. The number of nitriles is 1. The fourth-order valence-corrected chi connectivity index (χ4v) is 14.2. The largest absolute Gasteiger partial charge is 0.495 e. The number of anilines is 2. The predicted molar refractivity (Wildman–Crippen MR) is 301 cm³/mol. The number of benzene rings is 3. The second kappa shape index (κ2) is 22.1. The number of nitrogens with zero attached hydrogens (tertiary/aromatic N) is 6. The van der Waals surface area contributed by atoms with Gasteiger partial charge < -0.3 is 45.4 Å². The Morgan fingerprint density at radius 2 is 1.63 bits per heavy atom. The lowest BCUT2D eigenvalue weighted by atomic mass is 9.49. The summed E-state index contributed by atoms with van der Waals surface area (Å²) in [6.45, 7) is 25.8. The topological polar surface area (TPSA) is 176 Å². The van der Waals surface area contributed by atoms with Crippen molar-refractivity contribution < 1.29 is 29.3 Å². The Morgan fingerprint density at radius 1 is 0.961 bits per heavy atom. The van der Waals surface area contributed by atoms with E-state index in [1.54, 1.807) is 38.2 Å². The molecule has 5 aliphatic rings. The van der Waals surface area contributed by atoms with Gasteiger partial charge in [-0.15, -0.1) is 0 Å². The number of carbonyl (C=O) groups excluding carboxylic acids is 2. The van der Waals surface area contributed by atoms with Crippen LogP contribution >= 0.6 is 0 Å². The third kappa shape index (κ3) is 11.2. The Morgan fingerprint density at radius 3 is 2.22 bits per heavy atom. The van der Waals surface area contributed by atoms with Crippen LogP contribution in [0.3, 0.4) is 0 Å². The summed E-state index contributed by atoms with van der Waals surface area (Å²) in [5.74, 6) is 1.43. The number of amides is 2. The number of halogens is 2. The van der Waals surface area contributed by atoms with Gasteiger partial charge in [0.1, 0.15) is 29.5 Å². The van der Waals surface area contributed by atoms with Crippen LogP contribution in [0.2, 0.25) is 0 Å². The molecule has 8 rings (SSSR count). The van der Waals surface area contributed by atoms with Crippen LogP contribution in [0.15, 0.2) is 65.8 Å². The second-order valence-electron chi connectivity index (χ2n) is 24.7. The highest BCUT2D eigenvalue weighted by molar-refractivity contribution is 6.10. The van der Waals surface area contributed by atoms with E-state index in [2.05, 4.69) is 99.0 Å². The molecule has 3 aromatic rings. The molecule has 16 heteroatoms. The lowest BCUT2D eigenvalue weighted by Crippen LogP contribution is -2.74. The number of likely N-dealkylation sites (tertiary alicyclic amines) is 2. The van der Waals surface area contributed by atoms with E-state index in [0.29, 0.717) is 83.7 Å². The molecule has 5 N–H and O–H groups in total. The van der Waals surface area contributed by atoms with E-state index in [1.165, 1.54) is 25.6 Å². The number of hydrogen-bond donors (Lipinski definition) is 4. The quantitative estimate of drug-likeness (QED) is 0.0899. The normalized spacial score (nSPS) is 24.6. The Hall–Kier alpha value is -6.05. The van der Waals surface area contributed by atoms with E-state index < -0.39 is 6.43 Å². The van der Waals surface area contributed by atoms with Gasteiger partial charge in [-0.3, -0.25) is 20.0 Å². The highest BCUT2D eigenvalue weighted by Crippen LogP contribution is 2.56. The molecule has 1 saturated carbocycles. The standard InChI is InChI=1S/C60H82F2N10O4.H2/c1-37(73)70-26-22-48(47(33-70)53(65)72-23-12-13-39-27-45(41(31-64)32-66-10)46(52(61)62)29-49(39)72)67-42-20-24-69(25-21-42)34-51-57(2,3)35-71(36-58(51,4)5)43-17-14-38(15-18-43)54(74)68-55-59(6,7)56(60(55,8)9)76-44-19-16-40(30-63)50(28-44)75-11;/h14-19,27-29,31-32,42,47-48,51-52,55-56,65,67H,12-13,20-26,33-36,64H2,1-11H3,(H,68,74);1H/b41-31+,65-53?,66-32?;. The molecule has 2 amide bonds. The number of aliphatic imine (C=N–C) groups is 1. The summed E-state index contributed by atoms with van der Waals surface area (Å²) in [5, 5.41) is 26.5. The maximum absolute atomic E-state index is 14.7. The van der Waals surface area contributed by atoms with E-state index >= 15 is 0 Å². The number of fused-ring (bicyclic) bond motifs is 1. The first-order chi connectivity index (χ1) is 35.9. The van der Waals surface area contributed by atoms with Gasteiger partial charge in [-0.25, -0.2) is 8.78 Å². The SMILES string of the molecule is CN=C/C(=C\N)c1cc2c(cc1C(F)F)N(C(=N)C1CN(C(C)=O)CCC1NC1CCN(CC3C(C)(C)CN(c4ccc(C(=O)NC5C(C)(C)C(Oc6ccc(C#N)c(OC)c6)C5(C)C)cc4)CC3(C)C)CC1)CCC2.[HH]. The number of methoxy groups -OCH3 is 1. The Labute approximate surface area is 451 Å². The fraction of sp³-hybridized carbons (Fsp3) is 0.583. The van der Waals surface area contributed by atoms with E-state index in [9.17, 15) is 29.0 Å². The molecule has 0 aromatic heterocycles. The lowest BCUT2D eigenvalue weighted by Gasteiger charge is -2.63. The molecular weight excluding hydrogens is 963 g/mol. The smallest absolute Gasteiger partial charge is 0.264 e. The number of nitrogens with one attached hydrogen (secondary N) is 3. The molecule has 3 aromatic carbocycles. The highest BCUT2D eigenvalue weighted by atomic mass is 19.3. The average Bonchev–Trinajstić information content (AvgIpc) is 3.48. The van der Waals surface area contributed by atoms with Crippen LogP contribution in [0.4, 0.5) is 20.2 Å². The third-order valence-corrected chi connectivity index (χ3v) is 17.8. The molecule has 2 unspecified atom stereocenters. The molecule has 14 nitrogen and oxygen atoms in total. The predicted octanol–water partition coefficient (Wildman–Crippen LogP) is 9.57. The maximum atomic E-state index is 14.7. The summed E-state index contributed by atoms with van der Waals surface area (Å²) in [6, 6.07) is 18.8. The lowest BCUT2D eigenvalue weighted by molar-refractivity contribution is -0.164. The Kier molecular flexibility index (Phi) is 16.4. The van der Waals surface area contributed by atoms with Gasteiger partial charge in [-0.05, 0) is 122 Å². The molecule has 412 valence electrons. The number of carbonyl (C=O) groups is 2. The first kappa shape index (κ1) is 56.2. The van der Waals surface area contributed by atoms with Crippen molar-refractivity contribution in [2.24, 2.45) is 44.2 Å². The van der Waals surface area contributed by atoms with Crippen molar-refractivity contribution in [3.05, 3.63) is 88.6 Å². The van der Waals surface area contributed by atoms with Gasteiger partial charge in [0.2, 0.25) is 5.91 Å². The van der Waals surface area contributed by atoms with Crippen molar-refractivity contribution in [3.63, 3.8) is 0 Å². The van der Waals surface area contributed by atoms with E-state index in [-0.39, 0.29) is 70.6 Å². The Balaban J connectivity index is 0.00000861. The molecule has 4 aliphatic heterocycles. The van der Waals surface area contributed by atoms with Gasteiger partial charge in [0.25, 0.3) is 12.3 Å². The van der Waals surface area contributed by atoms with Gasteiger partial charge in [-0.1, -0.05) is 55.4 Å². The van der Waals surface area contributed by atoms with Gasteiger partial charge in [0.15, 0.2) is 0 Å². The van der Waals surface area contributed by atoms with Crippen LogP contribution in [0.25, 0.3) is 5.57 Å². The molecule has 1 aliphatic carbocycles. The summed E-state index contributed by atoms with van der Waals surface area (Å²) in [4.78, 5) is 39.5. The zero-order valence-corrected chi connectivity index (χ0v) is 46.7. The monoisotopic (exact) mass is 1050 g/mol.